The molecule has 1 aromatic carbocycles. The van der Waals surface area contributed by atoms with Crippen LogP contribution in [0.3, 0.4) is 0 Å². The van der Waals surface area contributed by atoms with Gasteiger partial charge in [0.05, 0.1) is 15.6 Å². The zero-order valence-corrected chi connectivity index (χ0v) is 13.9. The highest BCUT2D eigenvalue weighted by molar-refractivity contribution is 7.10. The number of hydrogen-bond donors (Lipinski definition) is 1. The molecule has 0 unspecified atom stereocenters. The van der Waals surface area contributed by atoms with Crippen LogP contribution in [0.2, 0.25) is 10.0 Å². The van der Waals surface area contributed by atoms with Crippen molar-refractivity contribution < 1.29 is 4.79 Å². The third-order valence-corrected chi connectivity index (χ3v) is 5.61. The molecule has 0 saturated carbocycles. The van der Waals surface area contributed by atoms with Crippen LogP contribution in [0.1, 0.15) is 34.1 Å². The fourth-order valence-corrected chi connectivity index (χ4v) is 4.18. The third kappa shape index (κ3) is 3.10. The number of fused-ring (bicyclic) bond motifs is 1. The lowest BCUT2D eigenvalue weighted by atomic mass is 9.88. The zero-order chi connectivity index (χ0) is 15.0. The molecule has 0 radical (unpaired) electrons. The van der Waals surface area contributed by atoms with E-state index in [0.29, 0.717) is 21.7 Å². The summed E-state index contributed by atoms with van der Waals surface area (Å²) in [7, 11) is 0. The van der Waals surface area contributed by atoms with Crippen LogP contribution in [0.25, 0.3) is 0 Å². The standard InChI is InChI=1S/C16H15Cl2NOS/c1-9-2-4-11-12(8-21-15(11)6-9)16(20)19-10-3-5-13(17)14(18)7-10/h3,5,7-9H,2,4,6H2,1H3,(H,19,20)/t9-/m1/s1. The Kier molecular flexibility index (Phi) is 4.25. The predicted octanol–water partition coefficient (Wildman–Crippen LogP) is 5.43. The highest BCUT2D eigenvalue weighted by Gasteiger charge is 2.23. The van der Waals surface area contributed by atoms with Crippen LogP contribution >= 0.6 is 34.5 Å². The fraction of sp³-hybridized carbons (Fsp3) is 0.312. The molecule has 1 aromatic heterocycles. The van der Waals surface area contributed by atoms with E-state index in [1.165, 1.54) is 10.4 Å². The highest BCUT2D eigenvalue weighted by atomic mass is 35.5. The van der Waals surface area contributed by atoms with Gasteiger partial charge in [-0.15, -0.1) is 11.3 Å². The Bertz CT molecular complexity index is 696. The van der Waals surface area contributed by atoms with Crippen molar-refractivity contribution in [1.29, 1.82) is 0 Å². The molecular formula is C16H15Cl2NOS. The molecule has 1 N–H and O–H groups in total. The topological polar surface area (TPSA) is 29.1 Å². The molecule has 110 valence electrons. The summed E-state index contributed by atoms with van der Waals surface area (Å²) in [6.45, 7) is 2.26. The predicted molar refractivity (Wildman–Crippen MR) is 89.9 cm³/mol. The summed E-state index contributed by atoms with van der Waals surface area (Å²) in [5.41, 5.74) is 2.68. The van der Waals surface area contributed by atoms with Crippen LogP contribution in [0.15, 0.2) is 23.6 Å². The molecule has 1 atom stereocenters. The molecule has 1 heterocycles. The van der Waals surface area contributed by atoms with Gasteiger partial charge in [0.2, 0.25) is 0 Å². The molecule has 5 heteroatoms. The van der Waals surface area contributed by atoms with Crippen molar-refractivity contribution in [2.24, 2.45) is 5.92 Å². The van der Waals surface area contributed by atoms with E-state index in [4.69, 9.17) is 23.2 Å². The minimum atomic E-state index is -0.0690. The van der Waals surface area contributed by atoms with E-state index < -0.39 is 0 Å². The van der Waals surface area contributed by atoms with E-state index in [9.17, 15) is 4.79 Å². The molecule has 1 aliphatic rings. The summed E-state index contributed by atoms with van der Waals surface area (Å²) in [5, 5.41) is 5.79. The number of hydrogen-bond acceptors (Lipinski definition) is 2. The molecule has 0 spiro atoms. The lowest BCUT2D eigenvalue weighted by molar-refractivity contribution is 0.102. The van der Waals surface area contributed by atoms with E-state index in [-0.39, 0.29) is 5.91 Å². The van der Waals surface area contributed by atoms with Crippen molar-refractivity contribution in [3.8, 4) is 0 Å². The number of nitrogens with one attached hydrogen (secondary N) is 1. The van der Waals surface area contributed by atoms with Crippen molar-refractivity contribution in [2.45, 2.75) is 26.2 Å². The quantitative estimate of drug-likeness (QED) is 0.776. The van der Waals surface area contributed by atoms with Gasteiger partial charge in [-0.05, 0) is 48.9 Å². The Balaban J connectivity index is 1.81. The van der Waals surface area contributed by atoms with Gasteiger partial charge in [0.1, 0.15) is 0 Å². The fourth-order valence-electron chi connectivity index (χ4n) is 2.64. The Morgan fingerprint density at radius 2 is 2.14 bits per heavy atom. The number of anilines is 1. The summed E-state index contributed by atoms with van der Waals surface area (Å²) in [4.78, 5) is 13.8. The van der Waals surface area contributed by atoms with E-state index in [2.05, 4.69) is 12.2 Å². The normalized spacial score (nSPS) is 17.4. The first kappa shape index (κ1) is 14.9. The highest BCUT2D eigenvalue weighted by Crippen LogP contribution is 2.33. The summed E-state index contributed by atoms with van der Waals surface area (Å²) in [6.07, 6.45) is 3.22. The minimum absolute atomic E-state index is 0.0690. The molecule has 1 aliphatic carbocycles. The van der Waals surface area contributed by atoms with Gasteiger partial charge in [0.15, 0.2) is 0 Å². The van der Waals surface area contributed by atoms with E-state index in [1.54, 1.807) is 29.5 Å². The lowest BCUT2D eigenvalue weighted by Gasteiger charge is -2.18. The van der Waals surface area contributed by atoms with Crippen LogP contribution in [-0.2, 0) is 12.8 Å². The number of benzene rings is 1. The van der Waals surface area contributed by atoms with Gasteiger partial charge in [-0.25, -0.2) is 0 Å². The number of carbonyl (C=O) groups is 1. The van der Waals surface area contributed by atoms with Crippen molar-refractivity contribution in [3.63, 3.8) is 0 Å². The molecule has 2 nitrogen and oxygen atoms in total. The first-order valence-electron chi connectivity index (χ1n) is 6.90. The van der Waals surface area contributed by atoms with Crippen LogP contribution in [-0.4, -0.2) is 5.91 Å². The molecule has 1 amide bonds. The summed E-state index contributed by atoms with van der Waals surface area (Å²) < 4.78 is 0. The first-order valence-corrected chi connectivity index (χ1v) is 8.54. The van der Waals surface area contributed by atoms with Crippen LogP contribution in [0.5, 0.6) is 0 Å². The molecule has 21 heavy (non-hydrogen) atoms. The van der Waals surface area contributed by atoms with Crippen LogP contribution in [0.4, 0.5) is 5.69 Å². The number of amides is 1. The molecular weight excluding hydrogens is 325 g/mol. The first-order chi connectivity index (χ1) is 10.0. The molecule has 0 saturated heterocycles. The molecule has 0 fully saturated rings. The molecule has 0 bridgehead atoms. The Hall–Kier alpha value is -1.03. The second-order valence-electron chi connectivity index (χ2n) is 5.48. The number of carbonyl (C=O) groups excluding carboxylic acids is 1. The number of halogens is 2. The zero-order valence-electron chi connectivity index (χ0n) is 11.6. The van der Waals surface area contributed by atoms with Gasteiger partial charge in [0.25, 0.3) is 5.91 Å². The SMILES string of the molecule is C[C@@H]1CCc2c(C(=O)Nc3ccc(Cl)c(Cl)c3)csc2C1. The van der Waals surface area contributed by atoms with Gasteiger partial charge < -0.3 is 5.32 Å². The average molecular weight is 340 g/mol. The summed E-state index contributed by atoms with van der Waals surface area (Å²) in [6, 6.07) is 5.11. The smallest absolute Gasteiger partial charge is 0.256 e. The largest absolute Gasteiger partial charge is 0.322 e. The maximum atomic E-state index is 12.4. The Labute approximate surface area is 138 Å². The van der Waals surface area contributed by atoms with Crippen LogP contribution < -0.4 is 5.32 Å². The van der Waals surface area contributed by atoms with Crippen molar-refractivity contribution in [3.05, 3.63) is 49.6 Å². The van der Waals surface area contributed by atoms with E-state index in [0.717, 1.165) is 24.8 Å². The Morgan fingerprint density at radius 3 is 2.90 bits per heavy atom. The Morgan fingerprint density at radius 1 is 1.33 bits per heavy atom. The van der Waals surface area contributed by atoms with Gasteiger partial charge in [-0.3, -0.25) is 4.79 Å². The third-order valence-electron chi connectivity index (χ3n) is 3.82. The monoisotopic (exact) mass is 339 g/mol. The molecule has 2 aromatic rings. The van der Waals surface area contributed by atoms with Gasteiger partial charge in [-0.1, -0.05) is 30.1 Å². The number of thiophene rings is 1. The van der Waals surface area contributed by atoms with E-state index in [1.807, 2.05) is 5.38 Å². The summed E-state index contributed by atoms with van der Waals surface area (Å²) in [5.74, 6) is 0.641. The maximum Gasteiger partial charge on any atom is 0.256 e. The van der Waals surface area contributed by atoms with E-state index >= 15 is 0 Å². The lowest BCUT2D eigenvalue weighted by Crippen LogP contribution is -2.16. The van der Waals surface area contributed by atoms with Crippen molar-refractivity contribution in [2.75, 3.05) is 5.32 Å². The van der Waals surface area contributed by atoms with Gasteiger partial charge in [0, 0.05) is 15.9 Å². The second kappa shape index (κ2) is 5.99. The molecule has 3 rings (SSSR count). The number of rotatable bonds is 2. The maximum absolute atomic E-state index is 12.4. The minimum Gasteiger partial charge on any atom is -0.322 e. The van der Waals surface area contributed by atoms with Crippen LogP contribution in [0, 0.1) is 5.92 Å². The summed E-state index contributed by atoms with van der Waals surface area (Å²) >= 11 is 13.5. The van der Waals surface area contributed by atoms with Crippen molar-refractivity contribution >= 4 is 46.1 Å². The van der Waals surface area contributed by atoms with Gasteiger partial charge >= 0.3 is 0 Å². The average Bonchev–Trinajstić information content (AvgIpc) is 2.85. The van der Waals surface area contributed by atoms with Gasteiger partial charge in [-0.2, -0.15) is 0 Å². The molecule has 0 aliphatic heterocycles. The van der Waals surface area contributed by atoms with Crippen molar-refractivity contribution in [1.82, 2.24) is 0 Å². The second-order valence-corrected chi connectivity index (χ2v) is 7.26.